The van der Waals surface area contributed by atoms with Crippen LogP contribution in [0.2, 0.25) is 0 Å². The fourth-order valence-corrected chi connectivity index (χ4v) is 5.36. The summed E-state index contributed by atoms with van der Waals surface area (Å²) in [6.45, 7) is 7.76. The van der Waals surface area contributed by atoms with E-state index >= 15 is 0 Å². The van der Waals surface area contributed by atoms with E-state index in [9.17, 15) is 13.2 Å². The molecule has 0 fully saturated rings. The maximum absolute atomic E-state index is 12.9. The zero-order chi connectivity index (χ0) is 21.9. The maximum atomic E-state index is 12.9. The highest BCUT2D eigenvalue weighted by molar-refractivity contribution is 7.91. The van der Waals surface area contributed by atoms with Gasteiger partial charge in [0.25, 0.3) is 15.9 Å². The Morgan fingerprint density at radius 3 is 2.47 bits per heavy atom. The standard InChI is InChI=1S/C21H24N4O3S2/c1-5-18(17-10-9-14(3)11-15(17)4)25-30(27,28)21-24-23-20(29-21)22-19(26)16-8-6-7-13(2)12-16/h6-12,18,25H,5H2,1-4H3,(H,22,23,26). The molecule has 9 heteroatoms. The van der Waals surface area contributed by atoms with Crippen molar-refractivity contribution in [3.63, 3.8) is 0 Å². The molecule has 3 aromatic rings. The van der Waals surface area contributed by atoms with Gasteiger partial charge in [-0.3, -0.25) is 10.1 Å². The van der Waals surface area contributed by atoms with Crippen LogP contribution in [0.15, 0.2) is 46.8 Å². The van der Waals surface area contributed by atoms with Crippen molar-refractivity contribution >= 4 is 32.4 Å². The molecule has 1 atom stereocenters. The van der Waals surface area contributed by atoms with Crippen molar-refractivity contribution in [1.82, 2.24) is 14.9 Å². The van der Waals surface area contributed by atoms with Crippen molar-refractivity contribution in [1.29, 1.82) is 0 Å². The summed E-state index contributed by atoms with van der Waals surface area (Å²) in [6, 6.07) is 12.6. The molecule has 1 amide bonds. The van der Waals surface area contributed by atoms with Gasteiger partial charge in [-0.05, 0) is 50.5 Å². The highest BCUT2D eigenvalue weighted by Gasteiger charge is 2.25. The van der Waals surface area contributed by atoms with E-state index in [4.69, 9.17) is 0 Å². The minimum absolute atomic E-state index is 0.126. The van der Waals surface area contributed by atoms with Gasteiger partial charge in [0.15, 0.2) is 0 Å². The van der Waals surface area contributed by atoms with E-state index in [1.807, 2.05) is 52.0 Å². The van der Waals surface area contributed by atoms with Gasteiger partial charge >= 0.3 is 0 Å². The van der Waals surface area contributed by atoms with E-state index in [0.29, 0.717) is 12.0 Å². The van der Waals surface area contributed by atoms with Crippen LogP contribution < -0.4 is 10.0 Å². The van der Waals surface area contributed by atoms with Gasteiger partial charge in [-0.15, -0.1) is 10.2 Å². The molecular formula is C21H24N4O3S2. The topological polar surface area (TPSA) is 101 Å². The summed E-state index contributed by atoms with van der Waals surface area (Å²) >= 11 is 0.817. The molecule has 0 spiro atoms. The lowest BCUT2D eigenvalue weighted by atomic mass is 9.98. The normalized spacial score (nSPS) is 12.5. The van der Waals surface area contributed by atoms with Gasteiger partial charge in [0.1, 0.15) is 0 Å². The van der Waals surface area contributed by atoms with E-state index in [0.717, 1.165) is 33.6 Å². The Bertz CT molecular complexity index is 1170. The van der Waals surface area contributed by atoms with Gasteiger partial charge < -0.3 is 0 Å². The number of carbonyl (C=O) groups is 1. The van der Waals surface area contributed by atoms with Crippen molar-refractivity contribution < 1.29 is 13.2 Å². The number of aryl methyl sites for hydroxylation is 3. The average Bonchev–Trinajstić information content (AvgIpc) is 3.16. The zero-order valence-electron chi connectivity index (χ0n) is 17.3. The summed E-state index contributed by atoms with van der Waals surface area (Å²) in [5.41, 5.74) is 4.47. The van der Waals surface area contributed by atoms with Crippen LogP contribution in [0.25, 0.3) is 0 Å². The lowest BCUT2D eigenvalue weighted by molar-refractivity contribution is 0.102. The fraction of sp³-hybridized carbons (Fsp3) is 0.286. The summed E-state index contributed by atoms with van der Waals surface area (Å²) in [5, 5.41) is 10.3. The largest absolute Gasteiger partial charge is 0.296 e. The van der Waals surface area contributed by atoms with E-state index < -0.39 is 10.0 Å². The van der Waals surface area contributed by atoms with Crippen LogP contribution in [0.1, 0.15) is 52.0 Å². The molecule has 7 nitrogen and oxygen atoms in total. The van der Waals surface area contributed by atoms with Crippen LogP contribution in [0.3, 0.4) is 0 Å². The summed E-state index contributed by atoms with van der Waals surface area (Å²) < 4.78 is 28.2. The van der Waals surface area contributed by atoms with Crippen LogP contribution in [0.5, 0.6) is 0 Å². The van der Waals surface area contributed by atoms with Crippen LogP contribution in [-0.2, 0) is 10.0 Å². The lowest BCUT2D eigenvalue weighted by Gasteiger charge is -2.19. The molecule has 0 saturated heterocycles. The second kappa shape index (κ2) is 9.03. The fourth-order valence-electron chi connectivity index (χ4n) is 3.15. The van der Waals surface area contributed by atoms with Gasteiger partial charge in [0.2, 0.25) is 9.47 Å². The number of sulfonamides is 1. The molecule has 2 aromatic carbocycles. The smallest absolute Gasteiger partial charge is 0.270 e. The molecule has 3 rings (SSSR count). The average molecular weight is 445 g/mol. The molecule has 0 aliphatic rings. The SMILES string of the molecule is CCC(NS(=O)(=O)c1nnc(NC(=O)c2cccc(C)c2)s1)c1ccc(C)cc1C. The molecule has 2 N–H and O–H groups in total. The molecule has 0 saturated carbocycles. The van der Waals surface area contributed by atoms with Crippen molar-refractivity contribution in [3.05, 3.63) is 70.3 Å². The summed E-state index contributed by atoms with van der Waals surface area (Å²) in [6.07, 6.45) is 0.582. The van der Waals surface area contributed by atoms with E-state index in [-0.39, 0.29) is 21.4 Å². The number of rotatable bonds is 7. The molecule has 0 aliphatic heterocycles. The first-order valence-electron chi connectivity index (χ1n) is 9.50. The van der Waals surface area contributed by atoms with Crippen LogP contribution in [0.4, 0.5) is 5.13 Å². The first kappa shape index (κ1) is 22.1. The number of amides is 1. The number of anilines is 1. The second-order valence-electron chi connectivity index (χ2n) is 7.14. The molecular weight excluding hydrogens is 420 g/mol. The predicted octanol–water partition coefficient (Wildman–Crippen LogP) is 4.15. The third-order valence-corrected chi connectivity index (χ3v) is 7.32. The minimum atomic E-state index is -3.89. The van der Waals surface area contributed by atoms with Gasteiger partial charge in [-0.1, -0.05) is 59.7 Å². The number of benzene rings is 2. The quantitative estimate of drug-likeness (QED) is 0.533. The lowest BCUT2D eigenvalue weighted by Crippen LogP contribution is -2.28. The minimum Gasteiger partial charge on any atom is -0.296 e. The van der Waals surface area contributed by atoms with E-state index in [2.05, 4.69) is 20.2 Å². The van der Waals surface area contributed by atoms with Gasteiger partial charge in [0.05, 0.1) is 0 Å². The van der Waals surface area contributed by atoms with Crippen molar-refractivity contribution in [2.24, 2.45) is 0 Å². The number of carbonyl (C=O) groups excluding carboxylic acids is 1. The second-order valence-corrected chi connectivity index (χ2v) is 10.0. The Kier molecular flexibility index (Phi) is 6.64. The van der Waals surface area contributed by atoms with E-state index in [1.54, 1.807) is 18.2 Å². The van der Waals surface area contributed by atoms with Crippen molar-refractivity contribution in [3.8, 4) is 0 Å². The molecule has 1 heterocycles. The third kappa shape index (κ3) is 5.10. The molecule has 0 aliphatic carbocycles. The Labute approximate surface area is 180 Å². The molecule has 1 unspecified atom stereocenters. The molecule has 0 bridgehead atoms. The van der Waals surface area contributed by atoms with Crippen molar-refractivity contribution in [2.75, 3.05) is 5.32 Å². The molecule has 158 valence electrons. The molecule has 1 aromatic heterocycles. The Balaban J connectivity index is 1.76. The van der Waals surface area contributed by atoms with Crippen LogP contribution in [-0.4, -0.2) is 24.5 Å². The molecule has 30 heavy (non-hydrogen) atoms. The third-order valence-electron chi connectivity index (χ3n) is 4.64. The summed E-state index contributed by atoms with van der Waals surface area (Å²) in [5.74, 6) is -0.367. The zero-order valence-corrected chi connectivity index (χ0v) is 18.9. The molecule has 0 radical (unpaired) electrons. The number of nitrogens with one attached hydrogen (secondary N) is 2. The first-order valence-corrected chi connectivity index (χ1v) is 11.8. The maximum Gasteiger partial charge on any atom is 0.270 e. The van der Waals surface area contributed by atoms with Crippen molar-refractivity contribution in [2.45, 2.75) is 44.5 Å². The monoisotopic (exact) mass is 444 g/mol. The summed E-state index contributed by atoms with van der Waals surface area (Å²) in [7, 11) is -3.89. The number of hydrogen-bond donors (Lipinski definition) is 2. The Morgan fingerprint density at radius 1 is 1.07 bits per heavy atom. The predicted molar refractivity (Wildman–Crippen MR) is 118 cm³/mol. The number of aromatic nitrogens is 2. The Morgan fingerprint density at radius 2 is 1.80 bits per heavy atom. The van der Waals surface area contributed by atoms with Gasteiger partial charge in [-0.2, -0.15) is 0 Å². The van der Waals surface area contributed by atoms with Crippen LogP contribution in [0, 0.1) is 20.8 Å². The van der Waals surface area contributed by atoms with Gasteiger partial charge in [-0.25, -0.2) is 13.1 Å². The number of nitrogens with zero attached hydrogens (tertiary/aromatic N) is 2. The highest BCUT2D eigenvalue weighted by atomic mass is 32.2. The first-order chi connectivity index (χ1) is 14.2. The van der Waals surface area contributed by atoms with Gasteiger partial charge in [0, 0.05) is 11.6 Å². The Hall–Kier alpha value is -2.62. The van der Waals surface area contributed by atoms with Crippen LogP contribution >= 0.6 is 11.3 Å². The highest BCUT2D eigenvalue weighted by Crippen LogP contribution is 2.26. The number of hydrogen-bond acceptors (Lipinski definition) is 6. The summed E-state index contributed by atoms with van der Waals surface area (Å²) in [4.78, 5) is 12.4. The van der Waals surface area contributed by atoms with E-state index in [1.165, 1.54) is 0 Å².